The summed E-state index contributed by atoms with van der Waals surface area (Å²) in [5, 5.41) is 0. The van der Waals surface area contributed by atoms with Crippen LogP contribution in [0.25, 0.3) is 0 Å². The Labute approximate surface area is 101 Å². The van der Waals surface area contributed by atoms with Crippen molar-refractivity contribution in [2.45, 2.75) is 32.1 Å². The monoisotopic (exact) mass is 232 g/mol. The maximum atomic E-state index is 12.1. The van der Waals surface area contributed by atoms with Crippen LogP contribution >= 0.6 is 0 Å². The van der Waals surface area contributed by atoms with Crippen molar-refractivity contribution in [3.63, 3.8) is 0 Å². The zero-order chi connectivity index (χ0) is 12.5. The van der Waals surface area contributed by atoms with Crippen molar-refractivity contribution in [1.29, 1.82) is 0 Å². The second-order valence-electron chi connectivity index (χ2n) is 4.43. The first-order chi connectivity index (χ1) is 8.10. The highest BCUT2D eigenvalue weighted by molar-refractivity contribution is 6.10. The molecule has 0 radical (unpaired) electrons. The first-order valence-corrected chi connectivity index (χ1v) is 5.89. The maximum absolute atomic E-state index is 12.1. The number of carbonyl (C=O) groups is 2. The minimum atomic E-state index is -1.12. The molecule has 1 aromatic rings. The summed E-state index contributed by atoms with van der Waals surface area (Å²) in [5.74, 6) is -0.480. The Bertz CT molecular complexity index is 464. The number of fused-ring (bicyclic) bond motifs is 1. The summed E-state index contributed by atoms with van der Waals surface area (Å²) in [6, 6.07) is 7.61. The third kappa shape index (κ3) is 1.75. The molecule has 1 aliphatic rings. The van der Waals surface area contributed by atoms with Crippen LogP contribution in [0.3, 0.4) is 0 Å². The zero-order valence-corrected chi connectivity index (χ0v) is 10.2. The van der Waals surface area contributed by atoms with Gasteiger partial charge in [-0.25, -0.2) is 0 Å². The van der Waals surface area contributed by atoms with Gasteiger partial charge in [-0.15, -0.1) is 0 Å². The highest BCUT2D eigenvalue weighted by Gasteiger charge is 2.46. The van der Waals surface area contributed by atoms with Gasteiger partial charge in [0.05, 0.1) is 6.61 Å². The van der Waals surface area contributed by atoms with Crippen LogP contribution in [0.4, 0.5) is 0 Å². The summed E-state index contributed by atoms with van der Waals surface area (Å²) in [7, 11) is 0. The van der Waals surface area contributed by atoms with E-state index in [1.807, 2.05) is 24.3 Å². The molecular weight excluding hydrogens is 216 g/mol. The number of rotatable bonds is 2. The Morgan fingerprint density at radius 3 is 2.76 bits per heavy atom. The number of hydrogen-bond acceptors (Lipinski definition) is 3. The van der Waals surface area contributed by atoms with E-state index in [1.165, 1.54) is 0 Å². The van der Waals surface area contributed by atoms with Crippen molar-refractivity contribution in [1.82, 2.24) is 0 Å². The molecule has 0 saturated carbocycles. The molecule has 3 nitrogen and oxygen atoms in total. The number of aryl methyl sites for hydroxylation is 1. The van der Waals surface area contributed by atoms with Crippen molar-refractivity contribution < 1.29 is 14.3 Å². The van der Waals surface area contributed by atoms with Crippen LogP contribution in [0.15, 0.2) is 24.3 Å². The van der Waals surface area contributed by atoms with Gasteiger partial charge in [0.15, 0.2) is 5.78 Å². The zero-order valence-electron chi connectivity index (χ0n) is 10.2. The molecule has 0 N–H and O–H groups in total. The van der Waals surface area contributed by atoms with Gasteiger partial charge >= 0.3 is 5.97 Å². The lowest BCUT2D eigenvalue weighted by molar-refractivity contribution is -0.153. The topological polar surface area (TPSA) is 43.4 Å². The van der Waals surface area contributed by atoms with E-state index < -0.39 is 11.4 Å². The van der Waals surface area contributed by atoms with Gasteiger partial charge in [0, 0.05) is 6.42 Å². The van der Waals surface area contributed by atoms with Gasteiger partial charge in [-0.2, -0.15) is 0 Å². The average molecular weight is 232 g/mol. The van der Waals surface area contributed by atoms with Gasteiger partial charge in [-0.05, 0) is 31.4 Å². The van der Waals surface area contributed by atoms with Crippen molar-refractivity contribution in [2.75, 3.05) is 6.61 Å². The van der Waals surface area contributed by atoms with Gasteiger partial charge in [-0.1, -0.05) is 24.3 Å². The summed E-state index contributed by atoms with van der Waals surface area (Å²) in [5.41, 5.74) is 0.752. The number of benzene rings is 1. The van der Waals surface area contributed by atoms with Gasteiger partial charge in [0.2, 0.25) is 0 Å². The molecule has 1 aliphatic carbocycles. The first-order valence-electron chi connectivity index (χ1n) is 5.89. The van der Waals surface area contributed by atoms with Crippen molar-refractivity contribution in [3.8, 4) is 0 Å². The molecule has 1 aromatic carbocycles. The smallest absolute Gasteiger partial charge is 0.323 e. The second-order valence-corrected chi connectivity index (χ2v) is 4.43. The van der Waals surface area contributed by atoms with Crippen LogP contribution < -0.4 is 0 Å². The molecule has 0 saturated heterocycles. The number of hydrogen-bond donors (Lipinski definition) is 0. The normalized spacial score (nSPS) is 23.1. The van der Waals surface area contributed by atoms with E-state index in [1.54, 1.807) is 13.8 Å². The third-order valence-electron chi connectivity index (χ3n) is 3.42. The molecule has 2 rings (SSSR count). The number of Topliss-reactive ketones (excluding diaryl/α,β-unsaturated/α-hetero) is 1. The Hall–Kier alpha value is -1.64. The molecule has 17 heavy (non-hydrogen) atoms. The lowest BCUT2D eigenvalue weighted by Crippen LogP contribution is -2.45. The lowest BCUT2D eigenvalue weighted by atomic mass is 9.70. The van der Waals surface area contributed by atoms with Crippen LogP contribution in [0.1, 0.15) is 31.4 Å². The number of carbonyl (C=O) groups excluding carboxylic acids is 2. The van der Waals surface area contributed by atoms with E-state index in [0.717, 1.165) is 11.1 Å². The molecule has 0 spiro atoms. The Kier molecular flexibility index (Phi) is 3.01. The Morgan fingerprint density at radius 2 is 2.06 bits per heavy atom. The van der Waals surface area contributed by atoms with Crippen molar-refractivity contribution in [3.05, 3.63) is 35.4 Å². The summed E-state index contributed by atoms with van der Waals surface area (Å²) < 4.78 is 5.05. The fourth-order valence-electron chi connectivity index (χ4n) is 2.37. The van der Waals surface area contributed by atoms with Gasteiger partial charge in [0.25, 0.3) is 0 Å². The van der Waals surface area contributed by atoms with Gasteiger partial charge in [-0.3, -0.25) is 9.59 Å². The summed E-state index contributed by atoms with van der Waals surface area (Å²) in [6.07, 6.45) is 1.12. The summed E-state index contributed by atoms with van der Waals surface area (Å²) >= 11 is 0. The van der Waals surface area contributed by atoms with Crippen LogP contribution in [-0.2, 0) is 26.2 Å². The molecule has 0 aliphatic heterocycles. The SMILES string of the molecule is CCOC(=O)C1(C)C(=O)CCc2ccccc21. The molecule has 0 aromatic heterocycles. The fraction of sp³-hybridized carbons (Fsp3) is 0.429. The largest absolute Gasteiger partial charge is 0.465 e. The molecular formula is C14H16O3. The molecule has 0 bridgehead atoms. The van der Waals surface area contributed by atoms with Gasteiger partial charge in [0.1, 0.15) is 5.41 Å². The molecule has 90 valence electrons. The second kappa shape index (κ2) is 4.32. The number of esters is 1. The highest BCUT2D eigenvalue weighted by Crippen LogP contribution is 2.35. The standard InChI is InChI=1S/C14H16O3/c1-3-17-13(16)14(2)11-7-5-4-6-10(11)8-9-12(14)15/h4-7H,3,8-9H2,1-2H3. The predicted octanol–water partition coefficient (Wildman–Crippen LogP) is 2.02. The highest BCUT2D eigenvalue weighted by atomic mass is 16.5. The number of ether oxygens (including phenoxy) is 1. The van der Waals surface area contributed by atoms with E-state index in [-0.39, 0.29) is 5.78 Å². The fourth-order valence-corrected chi connectivity index (χ4v) is 2.37. The van der Waals surface area contributed by atoms with Crippen molar-refractivity contribution in [2.24, 2.45) is 0 Å². The van der Waals surface area contributed by atoms with E-state index in [2.05, 4.69) is 0 Å². The molecule has 1 unspecified atom stereocenters. The first kappa shape index (κ1) is 11.8. The third-order valence-corrected chi connectivity index (χ3v) is 3.42. The maximum Gasteiger partial charge on any atom is 0.323 e. The summed E-state index contributed by atoms with van der Waals surface area (Å²) in [6.45, 7) is 3.72. The summed E-state index contributed by atoms with van der Waals surface area (Å²) in [4.78, 5) is 24.1. The molecule has 3 heteroatoms. The number of ketones is 1. The van der Waals surface area contributed by atoms with Crippen molar-refractivity contribution >= 4 is 11.8 Å². The van der Waals surface area contributed by atoms with E-state index in [4.69, 9.17) is 4.74 Å². The van der Waals surface area contributed by atoms with E-state index in [9.17, 15) is 9.59 Å². The van der Waals surface area contributed by atoms with Crippen LogP contribution in [0, 0.1) is 0 Å². The lowest BCUT2D eigenvalue weighted by Gasteiger charge is -2.32. The Balaban J connectivity index is 2.51. The van der Waals surface area contributed by atoms with Crippen LogP contribution in [0.5, 0.6) is 0 Å². The average Bonchev–Trinajstić information content (AvgIpc) is 2.34. The Morgan fingerprint density at radius 1 is 1.35 bits per heavy atom. The van der Waals surface area contributed by atoms with Crippen LogP contribution in [-0.4, -0.2) is 18.4 Å². The quantitative estimate of drug-likeness (QED) is 0.578. The minimum Gasteiger partial charge on any atom is -0.465 e. The molecule has 0 heterocycles. The molecule has 0 amide bonds. The molecule has 0 fully saturated rings. The van der Waals surface area contributed by atoms with Gasteiger partial charge < -0.3 is 4.74 Å². The van der Waals surface area contributed by atoms with E-state index >= 15 is 0 Å². The van der Waals surface area contributed by atoms with Crippen LogP contribution in [0.2, 0.25) is 0 Å². The minimum absolute atomic E-state index is 0.0466. The molecule has 1 atom stereocenters. The van der Waals surface area contributed by atoms with E-state index in [0.29, 0.717) is 19.4 Å². The predicted molar refractivity (Wildman–Crippen MR) is 63.8 cm³/mol.